The third-order valence-corrected chi connectivity index (χ3v) is 5.78. The highest BCUT2D eigenvalue weighted by Crippen LogP contribution is 2.36. The van der Waals surface area contributed by atoms with Crippen LogP contribution in [0.5, 0.6) is 0 Å². The van der Waals surface area contributed by atoms with Gasteiger partial charge in [0, 0.05) is 50.6 Å². The van der Waals surface area contributed by atoms with Gasteiger partial charge in [-0.15, -0.1) is 24.0 Å². The van der Waals surface area contributed by atoms with Gasteiger partial charge in [0.05, 0.1) is 6.04 Å². The van der Waals surface area contributed by atoms with Gasteiger partial charge in [-0.25, -0.2) is 8.78 Å². The largest absolute Gasteiger partial charge is 0.355 e. The maximum atomic E-state index is 14.3. The van der Waals surface area contributed by atoms with Crippen LogP contribution in [0.25, 0.3) is 0 Å². The maximum Gasteiger partial charge on any atom is 0.220 e. The number of nitrogens with one attached hydrogen (secondary N) is 2. The number of likely N-dealkylation sites (N-methyl/N-ethyl adjacent to an activating group) is 1. The van der Waals surface area contributed by atoms with Crippen LogP contribution >= 0.6 is 24.0 Å². The van der Waals surface area contributed by atoms with Crippen LogP contribution in [0.15, 0.2) is 23.2 Å². The number of benzene rings is 1. The molecule has 0 radical (unpaired) electrons. The Kier molecular flexibility index (Phi) is 8.21. The molecule has 3 rings (SSSR count). The molecule has 2 heterocycles. The summed E-state index contributed by atoms with van der Waals surface area (Å²) in [7, 11) is 5.30. The predicted molar refractivity (Wildman–Crippen MR) is 120 cm³/mol. The van der Waals surface area contributed by atoms with E-state index in [2.05, 4.69) is 20.5 Å². The summed E-state index contributed by atoms with van der Waals surface area (Å²) in [5, 5.41) is 6.23. The maximum absolute atomic E-state index is 14.3. The molecule has 1 amide bonds. The number of piperidine rings is 1. The van der Waals surface area contributed by atoms with Crippen LogP contribution in [0.1, 0.15) is 30.9 Å². The Labute approximate surface area is 188 Å². The lowest BCUT2D eigenvalue weighted by Crippen LogP contribution is -2.52. The zero-order valence-electron chi connectivity index (χ0n) is 17.2. The zero-order valence-corrected chi connectivity index (χ0v) is 19.5. The standard InChI is InChI=1S/C20H29F2N5O.HI/c1-23-19(27-9-5-8-20(13-27)10-17(28)25-12-20)24-11-16(26(2)3)18-14(21)6-4-7-15(18)22;/h4,6-7,16H,5,8-13H2,1-3H3,(H,23,24)(H,25,28);1H. The summed E-state index contributed by atoms with van der Waals surface area (Å²) in [5.74, 6) is -0.305. The van der Waals surface area contributed by atoms with E-state index in [1.54, 1.807) is 26.0 Å². The molecule has 9 heteroatoms. The van der Waals surface area contributed by atoms with E-state index >= 15 is 0 Å². The first-order valence-corrected chi connectivity index (χ1v) is 9.68. The molecule has 0 aromatic heterocycles. The van der Waals surface area contributed by atoms with E-state index in [0.29, 0.717) is 25.5 Å². The third-order valence-electron chi connectivity index (χ3n) is 5.78. The summed E-state index contributed by atoms with van der Waals surface area (Å²) in [4.78, 5) is 20.0. The van der Waals surface area contributed by atoms with Crippen LogP contribution in [0.4, 0.5) is 8.78 Å². The van der Waals surface area contributed by atoms with Crippen LogP contribution in [0, 0.1) is 17.0 Å². The lowest BCUT2D eigenvalue weighted by atomic mass is 9.79. The Morgan fingerprint density at radius 2 is 2.07 bits per heavy atom. The quantitative estimate of drug-likeness (QED) is 0.363. The molecule has 2 atom stereocenters. The fraction of sp³-hybridized carbons (Fsp3) is 0.600. The highest BCUT2D eigenvalue weighted by Gasteiger charge is 2.42. The predicted octanol–water partition coefficient (Wildman–Crippen LogP) is 2.36. The molecule has 6 nitrogen and oxygen atoms in total. The van der Waals surface area contributed by atoms with E-state index in [4.69, 9.17) is 0 Å². The summed E-state index contributed by atoms with van der Waals surface area (Å²) in [6.07, 6.45) is 2.54. The molecule has 2 aliphatic heterocycles. The number of carbonyl (C=O) groups is 1. The van der Waals surface area contributed by atoms with Crippen molar-refractivity contribution in [2.75, 3.05) is 47.3 Å². The molecule has 2 saturated heterocycles. The number of guanidine groups is 1. The first kappa shape index (κ1) is 23.8. The molecule has 1 aromatic rings. The van der Waals surface area contributed by atoms with Gasteiger partial charge >= 0.3 is 0 Å². The van der Waals surface area contributed by atoms with Gasteiger partial charge in [0.2, 0.25) is 5.91 Å². The first-order chi connectivity index (χ1) is 13.3. The van der Waals surface area contributed by atoms with Gasteiger partial charge in [0.1, 0.15) is 11.6 Å². The second-order valence-electron chi connectivity index (χ2n) is 8.02. The smallest absolute Gasteiger partial charge is 0.220 e. The topological polar surface area (TPSA) is 60.0 Å². The number of hydrogen-bond donors (Lipinski definition) is 2. The Balaban J connectivity index is 0.00000300. The number of nitrogens with zero attached hydrogens (tertiary/aromatic N) is 3. The van der Waals surface area contributed by atoms with Crippen molar-refractivity contribution in [2.45, 2.75) is 25.3 Å². The van der Waals surface area contributed by atoms with Crippen LogP contribution in [-0.2, 0) is 4.79 Å². The Morgan fingerprint density at radius 3 is 2.62 bits per heavy atom. The molecule has 29 heavy (non-hydrogen) atoms. The average Bonchev–Trinajstić information content (AvgIpc) is 3.00. The van der Waals surface area contributed by atoms with Crippen molar-refractivity contribution in [3.8, 4) is 0 Å². The number of hydrogen-bond acceptors (Lipinski definition) is 3. The minimum absolute atomic E-state index is 0. The van der Waals surface area contributed by atoms with Crippen LogP contribution in [-0.4, -0.2) is 69.0 Å². The lowest BCUT2D eigenvalue weighted by molar-refractivity contribution is -0.119. The molecule has 2 fully saturated rings. The monoisotopic (exact) mass is 521 g/mol. The Morgan fingerprint density at radius 1 is 1.38 bits per heavy atom. The molecule has 2 unspecified atom stereocenters. The van der Waals surface area contributed by atoms with Gasteiger partial charge in [-0.1, -0.05) is 6.07 Å². The summed E-state index contributed by atoms with van der Waals surface area (Å²) in [5.41, 5.74) is 0.00195. The number of aliphatic imine (C=N–C) groups is 1. The fourth-order valence-electron chi connectivity index (χ4n) is 4.32. The number of halogens is 3. The third kappa shape index (κ3) is 5.36. The molecule has 162 valence electrons. The van der Waals surface area contributed by atoms with Crippen LogP contribution in [0.3, 0.4) is 0 Å². The van der Waals surface area contributed by atoms with E-state index in [0.717, 1.165) is 25.9 Å². The van der Waals surface area contributed by atoms with E-state index in [9.17, 15) is 13.6 Å². The second-order valence-corrected chi connectivity index (χ2v) is 8.02. The Hall–Kier alpha value is -1.49. The number of likely N-dealkylation sites (tertiary alicyclic amines) is 1. The molecule has 1 spiro atoms. The summed E-state index contributed by atoms with van der Waals surface area (Å²) in [6.45, 7) is 2.60. The van der Waals surface area contributed by atoms with E-state index < -0.39 is 17.7 Å². The van der Waals surface area contributed by atoms with Crippen LogP contribution in [0.2, 0.25) is 0 Å². The summed E-state index contributed by atoms with van der Waals surface area (Å²) in [6, 6.07) is 3.45. The normalized spacial score (nSPS) is 23.2. The van der Waals surface area contributed by atoms with E-state index in [1.807, 2.05) is 0 Å². The highest BCUT2D eigenvalue weighted by molar-refractivity contribution is 14.0. The summed E-state index contributed by atoms with van der Waals surface area (Å²) >= 11 is 0. The van der Waals surface area contributed by atoms with Crippen molar-refractivity contribution in [3.05, 3.63) is 35.4 Å². The van der Waals surface area contributed by atoms with Crippen molar-refractivity contribution in [3.63, 3.8) is 0 Å². The van der Waals surface area contributed by atoms with Crippen molar-refractivity contribution in [1.29, 1.82) is 0 Å². The van der Waals surface area contributed by atoms with Crippen molar-refractivity contribution in [1.82, 2.24) is 20.4 Å². The highest BCUT2D eigenvalue weighted by atomic mass is 127. The number of amides is 1. The fourth-order valence-corrected chi connectivity index (χ4v) is 4.32. The molecule has 0 bridgehead atoms. The second kappa shape index (κ2) is 10.0. The van der Waals surface area contributed by atoms with Gasteiger partial charge in [-0.05, 0) is 39.1 Å². The number of rotatable bonds is 4. The molecular formula is C20H30F2IN5O. The van der Waals surface area contributed by atoms with E-state index in [1.165, 1.54) is 18.2 Å². The van der Waals surface area contributed by atoms with Crippen molar-refractivity contribution < 1.29 is 13.6 Å². The van der Waals surface area contributed by atoms with Crippen molar-refractivity contribution >= 4 is 35.8 Å². The first-order valence-electron chi connectivity index (χ1n) is 9.68. The molecular weight excluding hydrogens is 491 g/mol. The minimum atomic E-state index is -0.553. The zero-order chi connectivity index (χ0) is 20.3. The summed E-state index contributed by atoms with van der Waals surface area (Å²) < 4.78 is 28.6. The van der Waals surface area contributed by atoms with Crippen LogP contribution < -0.4 is 10.6 Å². The molecule has 2 aliphatic rings. The molecule has 0 aliphatic carbocycles. The van der Waals surface area contributed by atoms with E-state index in [-0.39, 0.29) is 40.9 Å². The lowest BCUT2D eigenvalue weighted by Gasteiger charge is -2.41. The average molecular weight is 521 g/mol. The molecule has 0 saturated carbocycles. The molecule has 1 aromatic carbocycles. The van der Waals surface area contributed by atoms with Gasteiger partial charge in [0.25, 0.3) is 0 Å². The van der Waals surface area contributed by atoms with Gasteiger partial charge in [-0.3, -0.25) is 9.79 Å². The number of carbonyl (C=O) groups excluding carboxylic acids is 1. The van der Waals surface area contributed by atoms with Crippen molar-refractivity contribution in [2.24, 2.45) is 10.4 Å². The van der Waals surface area contributed by atoms with Gasteiger partial charge in [-0.2, -0.15) is 0 Å². The minimum Gasteiger partial charge on any atom is -0.355 e. The molecule has 2 N–H and O–H groups in total. The van der Waals surface area contributed by atoms with Gasteiger partial charge in [0.15, 0.2) is 5.96 Å². The Bertz CT molecular complexity index is 740. The SMILES string of the molecule is CN=C(NCC(c1c(F)cccc1F)N(C)C)N1CCCC2(CNC(=O)C2)C1.I. The van der Waals surface area contributed by atoms with Gasteiger partial charge < -0.3 is 20.4 Å².